The van der Waals surface area contributed by atoms with Crippen molar-refractivity contribution in [1.29, 1.82) is 0 Å². The average Bonchev–Trinajstić information content (AvgIpc) is 3.28. The highest BCUT2D eigenvalue weighted by molar-refractivity contribution is 6.04. The number of nitrogens with one attached hydrogen (secondary N) is 2. The summed E-state index contributed by atoms with van der Waals surface area (Å²) < 4.78 is 0. The second kappa shape index (κ2) is 7.02. The number of carbonyl (C=O) groups excluding carboxylic acids is 1. The van der Waals surface area contributed by atoms with E-state index in [0.717, 1.165) is 70.5 Å². The quantitative estimate of drug-likeness (QED) is 0.526. The van der Waals surface area contributed by atoms with Crippen LogP contribution in [-0.2, 0) is 6.54 Å². The summed E-state index contributed by atoms with van der Waals surface area (Å²) in [6, 6.07) is 8.24. The summed E-state index contributed by atoms with van der Waals surface area (Å²) >= 11 is 0. The molecule has 6 rings (SSSR count). The molecule has 31 heavy (non-hydrogen) atoms. The van der Waals surface area contributed by atoms with Crippen molar-refractivity contribution in [3.63, 3.8) is 0 Å². The number of piperidine rings is 1. The Bertz CT molecular complexity index is 1310. The van der Waals surface area contributed by atoms with E-state index in [1.165, 1.54) is 0 Å². The topological polar surface area (TPSA) is 90.0 Å². The number of hydrogen-bond donors (Lipinski definition) is 2. The van der Waals surface area contributed by atoms with Crippen LogP contribution in [0.25, 0.3) is 33.3 Å². The fourth-order valence-electron chi connectivity index (χ4n) is 4.72. The molecular weight excluding hydrogens is 390 g/mol. The molecular formula is C23H23N7O. The minimum absolute atomic E-state index is 0.0366. The fraction of sp³-hybridized carbons (Fsp3) is 0.304. The van der Waals surface area contributed by atoms with Crippen LogP contribution >= 0.6 is 0 Å². The van der Waals surface area contributed by atoms with E-state index < -0.39 is 0 Å². The third-order valence-electron chi connectivity index (χ3n) is 6.31. The van der Waals surface area contributed by atoms with Crippen molar-refractivity contribution in [2.24, 2.45) is 0 Å². The van der Waals surface area contributed by atoms with Gasteiger partial charge in [0.05, 0.1) is 23.4 Å². The number of carbonyl (C=O) groups is 1. The van der Waals surface area contributed by atoms with Crippen LogP contribution in [0.15, 0.2) is 42.9 Å². The first kappa shape index (κ1) is 18.3. The predicted molar refractivity (Wildman–Crippen MR) is 120 cm³/mol. The lowest BCUT2D eigenvalue weighted by molar-refractivity contribution is 0.205. The third-order valence-corrected chi connectivity index (χ3v) is 6.31. The van der Waals surface area contributed by atoms with E-state index in [1.807, 2.05) is 48.7 Å². The lowest BCUT2D eigenvalue weighted by atomic mass is 10.0. The minimum Gasteiger partial charge on any atom is -0.346 e. The summed E-state index contributed by atoms with van der Waals surface area (Å²) in [5.74, 6) is 0. The zero-order valence-electron chi connectivity index (χ0n) is 17.3. The average molecular weight is 413 g/mol. The van der Waals surface area contributed by atoms with Crippen molar-refractivity contribution in [2.75, 3.05) is 25.0 Å². The van der Waals surface area contributed by atoms with Gasteiger partial charge in [-0.2, -0.15) is 0 Å². The maximum absolute atomic E-state index is 13.3. The van der Waals surface area contributed by atoms with Crippen molar-refractivity contribution >= 4 is 33.8 Å². The highest BCUT2D eigenvalue weighted by atomic mass is 16.2. The van der Waals surface area contributed by atoms with Gasteiger partial charge in [-0.1, -0.05) is 0 Å². The molecule has 4 aromatic heterocycles. The first-order valence-electron chi connectivity index (χ1n) is 10.7. The normalized spacial score (nSPS) is 17.5. The molecule has 0 spiro atoms. The van der Waals surface area contributed by atoms with Crippen LogP contribution in [0.1, 0.15) is 18.4 Å². The van der Waals surface area contributed by atoms with Crippen molar-refractivity contribution < 1.29 is 4.79 Å². The second-order valence-electron chi connectivity index (χ2n) is 8.33. The molecule has 0 unspecified atom stereocenters. The number of nitrogens with zero attached hydrogens (tertiary/aromatic N) is 5. The Morgan fingerprint density at radius 1 is 1.10 bits per heavy atom. The summed E-state index contributed by atoms with van der Waals surface area (Å²) in [6.45, 7) is 2.37. The van der Waals surface area contributed by atoms with Crippen molar-refractivity contribution in [3.8, 4) is 11.3 Å². The number of rotatable bonds is 2. The number of fused-ring (bicyclic) bond motifs is 4. The molecule has 0 radical (unpaired) electrons. The summed E-state index contributed by atoms with van der Waals surface area (Å²) in [7, 11) is 1.85. The minimum atomic E-state index is 0.0366. The van der Waals surface area contributed by atoms with Gasteiger partial charge in [0.2, 0.25) is 0 Å². The van der Waals surface area contributed by atoms with Gasteiger partial charge in [0.15, 0.2) is 0 Å². The molecule has 0 aliphatic carbocycles. The van der Waals surface area contributed by atoms with Crippen LogP contribution in [0.5, 0.6) is 0 Å². The SMILES string of the molecule is CN1Cc2cnc3ccc(-c4cnc5[nH]ccc5c4)nc3c2N(C2CCNCC2)C1=O. The Morgan fingerprint density at radius 3 is 2.84 bits per heavy atom. The number of hydrogen-bond acceptors (Lipinski definition) is 5. The van der Waals surface area contributed by atoms with Gasteiger partial charge in [-0.25, -0.2) is 14.8 Å². The van der Waals surface area contributed by atoms with E-state index in [2.05, 4.69) is 26.3 Å². The van der Waals surface area contributed by atoms with Crippen LogP contribution in [0.4, 0.5) is 10.5 Å². The van der Waals surface area contributed by atoms with E-state index in [9.17, 15) is 4.79 Å². The molecule has 1 fully saturated rings. The summed E-state index contributed by atoms with van der Waals surface area (Å²) in [5, 5.41) is 4.44. The Hall–Kier alpha value is -3.52. The smallest absolute Gasteiger partial charge is 0.324 e. The third kappa shape index (κ3) is 2.94. The van der Waals surface area contributed by atoms with Gasteiger partial charge < -0.3 is 15.2 Å². The van der Waals surface area contributed by atoms with Gasteiger partial charge in [-0.15, -0.1) is 0 Å². The molecule has 0 saturated carbocycles. The van der Waals surface area contributed by atoms with E-state index >= 15 is 0 Å². The van der Waals surface area contributed by atoms with E-state index in [-0.39, 0.29) is 12.1 Å². The highest BCUT2D eigenvalue weighted by Crippen LogP contribution is 2.37. The summed E-state index contributed by atoms with van der Waals surface area (Å²) in [4.78, 5) is 34.3. The van der Waals surface area contributed by atoms with Gasteiger partial charge >= 0.3 is 6.03 Å². The Labute approximate surface area is 179 Å². The maximum atomic E-state index is 13.3. The zero-order chi connectivity index (χ0) is 20.9. The number of aromatic amines is 1. The van der Waals surface area contributed by atoms with Crippen molar-refractivity contribution in [3.05, 3.63) is 48.4 Å². The van der Waals surface area contributed by atoms with Crippen LogP contribution < -0.4 is 10.2 Å². The van der Waals surface area contributed by atoms with E-state index in [0.29, 0.717) is 6.54 Å². The molecule has 6 heterocycles. The molecule has 8 nitrogen and oxygen atoms in total. The molecule has 0 atom stereocenters. The van der Waals surface area contributed by atoms with Gasteiger partial charge in [0.1, 0.15) is 11.2 Å². The molecule has 2 amide bonds. The summed E-state index contributed by atoms with van der Waals surface area (Å²) in [6.07, 6.45) is 7.46. The Balaban J connectivity index is 1.54. The largest absolute Gasteiger partial charge is 0.346 e. The molecule has 0 aromatic carbocycles. The van der Waals surface area contributed by atoms with Crippen LogP contribution in [-0.4, -0.2) is 57.0 Å². The first-order valence-corrected chi connectivity index (χ1v) is 10.7. The zero-order valence-corrected chi connectivity index (χ0v) is 17.3. The molecule has 2 N–H and O–H groups in total. The van der Waals surface area contributed by atoms with Gasteiger partial charge in [0.25, 0.3) is 0 Å². The number of pyridine rings is 3. The number of aromatic nitrogens is 4. The van der Waals surface area contributed by atoms with Gasteiger partial charge in [-0.05, 0) is 50.2 Å². The van der Waals surface area contributed by atoms with E-state index in [4.69, 9.17) is 4.98 Å². The Kier molecular flexibility index (Phi) is 4.14. The number of amides is 2. The Morgan fingerprint density at radius 2 is 1.97 bits per heavy atom. The molecule has 1 saturated heterocycles. The molecule has 4 aromatic rings. The summed E-state index contributed by atoms with van der Waals surface area (Å²) in [5.41, 5.74) is 6.16. The fourth-order valence-corrected chi connectivity index (χ4v) is 4.72. The maximum Gasteiger partial charge on any atom is 0.324 e. The molecule has 2 aliphatic heterocycles. The first-order chi connectivity index (χ1) is 15.2. The monoisotopic (exact) mass is 413 g/mol. The lowest BCUT2D eigenvalue weighted by Crippen LogP contribution is -2.53. The predicted octanol–water partition coefficient (Wildman–Crippen LogP) is 3.30. The lowest BCUT2D eigenvalue weighted by Gasteiger charge is -2.41. The number of urea groups is 1. The van der Waals surface area contributed by atoms with Crippen LogP contribution in [0.2, 0.25) is 0 Å². The molecule has 8 heteroatoms. The highest BCUT2D eigenvalue weighted by Gasteiger charge is 2.36. The standard InChI is InChI=1S/C23H23N7O/c1-29-13-16-12-26-19-3-2-18(15-10-14-4-9-25-22(14)27-11-15)28-20(19)21(16)30(23(29)31)17-5-7-24-8-6-17/h2-4,9-12,17,24H,5-8,13H2,1H3,(H,25,27). The number of H-pyrrole nitrogens is 1. The van der Waals surface area contributed by atoms with Gasteiger partial charge in [-0.3, -0.25) is 9.88 Å². The molecule has 0 bridgehead atoms. The second-order valence-corrected chi connectivity index (χ2v) is 8.33. The van der Waals surface area contributed by atoms with E-state index in [1.54, 1.807) is 4.90 Å². The van der Waals surface area contributed by atoms with Crippen molar-refractivity contribution in [2.45, 2.75) is 25.4 Å². The van der Waals surface area contributed by atoms with Crippen LogP contribution in [0, 0.1) is 0 Å². The molecule has 2 aliphatic rings. The van der Waals surface area contributed by atoms with Crippen LogP contribution in [0.3, 0.4) is 0 Å². The van der Waals surface area contributed by atoms with Crippen molar-refractivity contribution in [1.82, 2.24) is 30.2 Å². The molecule has 156 valence electrons. The number of anilines is 1. The van der Waals surface area contributed by atoms with Gasteiger partial charge in [0, 0.05) is 48.2 Å².